The molecule has 0 spiro atoms. The maximum Gasteiger partial charge on any atom is 0.762 e. The van der Waals surface area contributed by atoms with E-state index in [2.05, 4.69) is 119 Å². The molecule has 2 saturated heterocycles. The van der Waals surface area contributed by atoms with Crippen LogP contribution in [-0.4, -0.2) is 141 Å². The normalized spacial score (nSPS) is 18.2. The molecule has 6 aliphatic heterocycles. The van der Waals surface area contributed by atoms with E-state index in [1.165, 1.54) is 33.9 Å². The van der Waals surface area contributed by atoms with Crippen LogP contribution >= 0.6 is 8.07 Å². The van der Waals surface area contributed by atoms with Crippen LogP contribution in [0.3, 0.4) is 0 Å². The molecule has 0 bridgehead atoms. The number of nitrogens with zero attached hydrogens (tertiary/aromatic N) is 6. The lowest BCUT2D eigenvalue weighted by atomic mass is 10.4. The first-order chi connectivity index (χ1) is 23.2. The minimum Gasteiger partial charge on any atom is -1.00 e. The fourth-order valence-corrected chi connectivity index (χ4v) is 8.96. The molecule has 2 aromatic carbocycles. The minimum atomic E-state index is -3.67. The molecule has 2 aromatic rings. The molecule has 0 unspecified atom stereocenters. The van der Waals surface area contributed by atoms with Crippen LogP contribution in [-0.2, 0) is 0 Å². The summed E-state index contributed by atoms with van der Waals surface area (Å²) in [4.78, 5) is 7.55. The lowest BCUT2D eigenvalue weighted by Gasteiger charge is -2.32. The van der Waals surface area contributed by atoms with Gasteiger partial charge in [0.05, 0.1) is 40.4 Å². The molecule has 8 rings (SSSR count). The molecule has 0 aliphatic carbocycles. The smallest absolute Gasteiger partial charge is 0.762 e. The van der Waals surface area contributed by atoms with Crippen molar-refractivity contribution in [1.82, 2.24) is 30.0 Å². The molecule has 272 valence electrons. The first-order valence-corrected chi connectivity index (χ1v) is 17.4. The monoisotopic (exact) mass is 730 g/mol. The van der Waals surface area contributed by atoms with E-state index in [-0.39, 0.29) is 9.41 Å². The number of rotatable bonds is 3. The molecule has 0 aromatic heterocycles. The van der Waals surface area contributed by atoms with Crippen molar-refractivity contribution in [3.05, 3.63) is 84.5 Å². The number of nitrogens with one attached hydrogen (secondary N) is 2. The number of amidine groups is 2. The molecule has 0 saturated carbocycles. The summed E-state index contributed by atoms with van der Waals surface area (Å²) in [7, 11) is -5.68. The summed E-state index contributed by atoms with van der Waals surface area (Å²) in [5.74, 6) is 5.38. The van der Waals surface area contributed by atoms with Gasteiger partial charge in [-0.1, -0.05) is 60.7 Å². The van der Waals surface area contributed by atoms with Gasteiger partial charge in [0.1, 0.15) is 50.9 Å². The van der Waals surface area contributed by atoms with Gasteiger partial charge in [-0.25, -0.2) is 0 Å². The Hall–Kier alpha value is -3.94. The summed E-state index contributed by atoms with van der Waals surface area (Å²) in [5, 5.41) is 9.67. The molecule has 19 heteroatoms. The number of hydrogen-bond donors (Lipinski definition) is 2. The van der Waals surface area contributed by atoms with Crippen LogP contribution in [0.4, 0.5) is 25.9 Å². The second kappa shape index (κ2) is 19.5. The summed E-state index contributed by atoms with van der Waals surface area (Å²) in [6, 6.07) is 22.1. The van der Waals surface area contributed by atoms with Crippen LogP contribution in [0.15, 0.2) is 84.5 Å². The lowest BCUT2D eigenvalue weighted by Crippen LogP contribution is -3.00. The van der Waals surface area contributed by atoms with Crippen LogP contribution in [0.1, 0.15) is 0 Å². The van der Waals surface area contributed by atoms with E-state index < -0.39 is 23.2 Å². The molecule has 8 nitrogen and oxygen atoms in total. The third-order valence-electron chi connectivity index (χ3n) is 8.70. The van der Waals surface area contributed by atoms with Gasteiger partial charge in [-0.15, -0.1) is 0 Å². The summed E-state index contributed by atoms with van der Waals surface area (Å²) in [6.07, 6.45) is 4.68. The second-order valence-electron chi connectivity index (χ2n) is 11.6. The fraction of sp³-hybridized carbons (Fsp3) is 0.419. The van der Waals surface area contributed by atoms with Gasteiger partial charge >= 0.3 is 15.1 Å². The highest BCUT2D eigenvalue weighted by atomic mass is 31.1. The Morgan fingerprint density at radius 3 is 1.80 bits per heavy atom. The van der Waals surface area contributed by atoms with Gasteiger partial charge in [-0.3, -0.25) is 45.3 Å². The van der Waals surface area contributed by atoms with Gasteiger partial charge in [-0.2, -0.15) is 0 Å². The quantitative estimate of drug-likeness (QED) is 0.148. The van der Waals surface area contributed by atoms with Crippen molar-refractivity contribution in [3.8, 4) is 0 Å². The van der Waals surface area contributed by atoms with Crippen molar-refractivity contribution in [2.24, 2.45) is 0 Å². The Balaban J connectivity index is 0.000000245. The van der Waals surface area contributed by atoms with E-state index in [1.807, 2.05) is 0 Å². The minimum absolute atomic E-state index is 0. The standard InChI is InChI=1S/C22H26N4P.C9H14N4.2BF3.2FH/c1-23-12-13-24-14-15-25-16-17-26(22(25)18-21(23)24)27(19-8-4-2-5-9-19)20-10-6-3-7-11-20;1-3-12-5-6-13-4-2-11-9(13)7-8(12)10-1;2*2-1(3)4;;/h2-11,18H,12-17H2,1H3;7H,1-6H2,(H,10,11);;;2*1H/q+1;;;;;/p-1. The van der Waals surface area contributed by atoms with E-state index in [9.17, 15) is 25.9 Å². The van der Waals surface area contributed by atoms with Crippen molar-refractivity contribution in [3.63, 3.8) is 0 Å². The van der Waals surface area contributed by atoms with Crippen molar-refractivity contribution in [2.45, 2.75) is 0 Å². The zero-order valence-electron chi connectivity index (χ0n) is 27.7. The second-order valence-corrected chi connectivity index (χ2v) is 13.7. The first-order valence-electron chi connectivity index (χ1n) is 16.1. The number of halogens is 8. The van der Waals surface area contributed by atoms with Crippen LogP contribution in [0.25, 0.3) is 0 Å². The molecule has 6 heterocycles. The molecule has 0 atom stereocenters. The van der Waals surface area contributed by atoms with E-state index in [0.717, 1.165) is 78.5 Å². The molecule has 50 heavy (non-hydrogen) atoms. The SMILES string of the molecule is C1=C2NCCN2CC[N+]2=C1NCC2.C[N+]1=C2C=C3N(CCN2CC1)CCN3P(c1ccccc1)c1ccccc1.FB(F)F.FB(F)F.[F-].[F-]. The van der Waals surface area contributed by atoms with Crippen LogP contribution < -0.4 is 30.7 Å². The zero-order chi connectivity index (χ0) is 34.0. The number of fused-ring (bicyclic) bond motifs is 3. The average molecular weight is 730 g/mol. The molecule has 6 aliphatic rings. The molecular weight excluding hydrogens is 689 g/mol. The number of hydrogen-bond acceptors (Lipinski definition) is 6. The van der Waals surface area contributed by atoms with E-state index >= 15 is 0 Å². The molecule has 2 fully saturated rings. The van der Waals surface area contributed by atoms with Gasteiger partial charge < -0.3 is 29.2 Å². The van der Waals surface area contributed by atoms with Crippen LogP contribution in [0.2, 0.25) is 0 Å². The lowest BCUT2D eigenvalue weighted by molar-refractivity contribution is -0.516. The van der Waals surface area contributed by atoms with Gasteiger partial charge in [0, 0.05) is 36.8 Å². The molecule has 2 N–H and O–H groups in total. The van der Waals surface area contributed by atoms with Gasteiger partial charge in [0.2, 0.25) is 0 Å². The van der Waals surface area contributed by atoms with Crippen molar-refractivity contribution in [1.29, 1.82) is 0 Å². The Labute approximate surface area is 289 Å². The van der Waals surface area contributed by atoms with Gasteiger partial charge in [0.15, 0.2) is 0 Å². The highest BCUT2D eigenvalue weighted by Crippen LogP contribution is 2.44. The highest BCUT2D eigenvalue weighted by molar-refractivity contribution is 7.71. The Morgan fingerprint density at radius 2 is 1.18 bits per heavy atom. The average Bonchev–Trinajstić information content (AvgIpc) is 3.83. The van der Waals surface area contributed by atoms with Crippen LogP contribution in [0, 0.1) is 0 Å². The van der Waals surface area contributed by atoms with E-state index in [0.29, 0.717) is 0 Å². The van der Waals surface area contributed by atoms with Gasteiger partial charge in [0.25, 0.3) is 11.7 Å². The summed E-state index contributed by atoms with van der Waals surface area (Å²) < 4.78 is 65.5. The predicted molar refractivity (Wildman–Crippen MR) is 182 cm³/mol. The summed E-state index contributed by atoms with van der Waals surface area (Å²) in [5.41, 5.74) is 0. The maximum absolute atomic E-state index is 9.67. The van der Waals surface area contributed by atoms with Crippen molar-refractivity contribution >= 4 is 45.4 Å². The zero-order valence-corrected chi connectivity index (χ0v) is 28.6. The largest absolute Gasteiger partial charge is 1.00 e. The third-order valence-corrected chi connectivity index (χ3v) is 11.2. The summed E-state index contributed by atoms with van der Waals surface area (Å²) >= 11 is 0. The fourth-order valence-electron chi connectivity index (χ4n) is 6.52. The Bertz CT molecular complexity index is 1440. The van der Waals surface area contributed by atoms with Gasteiger partial charge in [-0.05, 0) is 0 Å². The molecule has 0 radical (unpaired) electrons. The maximum atomic E-state index is 9.67. The third kappa shape index (κ3) is 10.5. The Kier molecular flexibility index (Phi) is 15.8. The number of likely N-dealkylation sites (N-methyl/N-ethyl adjacent to an activating group) is 1. The van der Waals surface area contributed by atoms with Crippen molar-refractivity contribution < 1.29 is 44.5 Å². The predicted octanol–water partition coefficient (Wildman–Crippen LogP) is -3.61. The summed E-state index contributed by atoms with van der Waals surface area (Å²) in [6.45, 7) is 13.6. The first kappa shape index (κ1) is 40.5. The molecule has 0 amide bonds. The molecular formula is C31H41B2F8N8P. The van der Waals surface area contributed by atoms with Crippen LogP contribution in [0.5, 0.6) is 0 Å². The highest BCUT2D eigenvalue weighted by Gasteiger charge is 2.38. The number of benzene rings is 2. The van der Waals surface area contributed by atoms with E-state index in [4.69, 9.17) is 0 Å². The van der Waals surface area contributed by atoms with E-state index in [1.54, 1.807) is 0 Å². The van der Waals surface area contributed by atoms with Crippen molar-refractivity contribution in [2.75, 3.05) is 85.6 Å². The Morgan fingerprint density at radius 1 is 0.620 bits per heavy atom. The topological polar surface area (TPSA) is 43.0 Å².